The molecular weight excluding hydrogens is 595 g/mol. The Kier molecular flexibility index (Phi) is 7.12. The van der Waals surface area contributed by atoms with Gasteiger partial charge in [-0.2, -0.15) is 0 Å². The first-order valence-corrected chi connectivity index (χ1v) is 16.6. The molecule has 4 saturated heterocycles. The van der Waals surface area contributed by atoms with Crippen molar-refractivity contribution in [1.29, 1.82) is 0 Å². The van der Waals surface area contributed by atoms with E-state index in [0.29, 0.717) is 54.5 Å². The summed E-state index contributed by atoms with van der Waals surface area (Å²) >= 11 is 1.60. The molecule has 4 fully saturated rings. The summed E-state index contributed by atoms with van der Waals surface area (Å²) in [6, 6.07) is 10.6. The number of hydrogen-bond acceptors (Lipinski definition) is 7. The summed E-state index contributed by atoms with van der Waals surface area (Å²) in [6.45, 7) is 4.55. The van der Waals surface area contributed by atoms with Gasteiger partial charge in [0.1, 0.15) is 29.1 Å². The van der Waals surface area contributed by atoms with Crippen molar-refractivity contribution in [2.24, 2.45) is 0 Å². The highest BCUT2D eigenvalue weighted by atomic mass is 32.2. The molecule has 0 amide bonds. The average molecular weight is 630 g/mol. The van der Waals surface area contributed by atoms with Crippen LogP contribution in [0, 0.1) is 23.5 Å². The number of nitrogens with zero attached hydrogens (tertiary/aromatic N) is 4. The van der Waals surface area contributed by atoms with Crippen LogP contribution in [0.3, 0.4) is 0 Å². The predicted octanol–water partition coefficient (Wildman–Crippen LogP) is 6.51. The minimum absolute atomic E-state index is 0.0144. The number of nitrogens with one attached hydrogen (secondary N) is 1. The van der Waals surface area contributed by atoms with Crippen molar-refractivity contribution >= 4 is 39.4 Å². The van der Waals surface area contributed by atoms with Gasteiger partial charge in [-0.15, -0.1) is 0 Å². The number of hydrogen-bond donors (Lipinski definition) is 2. The number of aromatic nitrogens is 2. The lowest BCUT2D eigenvalue weighted by atomic mass is 9.92. The molecule has 0 radical (unpaired) electrons. The SMILES string of the molecule is CCc1cccc2cc(O)cc(-c3c(F)cc4c(N5CC6CCC(C5)N6)nc(C#C[C@]56CCCN(C[C@H](F)C5)S6)nc4c3F)c12. The van der Waals surface area contributed by atoms with Crippen LogP contribution in [0.5, 0.6) is 5.75 Å². The van der Waals surface area contributed by atoms with Crippen molar-refractivity contribution in [3.05, 3.63) is 59.4 Å². The molecule has 1 aromatic heterocycles. The first-order valence-electron chi connectivity index (χ1n) is 15.9. The Balaban J connectivity index is 1.33. The van der Waals surface area contributed by atoms with E-state index in [0.717, 1.165) is 37.8 Å². The van der Waals surface area contributed by atoms with Gasteiger partial charge in [-0.25, -0.2) is 27.4 Å². The van der Waals surface area contributed by atoms with Gasteiger partial charge in [0.2, 0.25) is 5.82 Å². The highest BCUT2D eigenvalue weighted by Crippen LogP contribution is 2.46. The van der Waals surface area contributed by atoms with Crippen LogP contribution in [0.4, 0.5) is 19.0 Å². The summed E-state index contributed by atoms with van der Waals surface area (Å²) in [4.78, 5) is 11.5. The highest BCUT2D eigenvalue weighted by Gasteiger charge is 2.43. The number of anilines is 1. The summed E-state index contributed by atoms with van der Waals surface area (Å²) in [5.41, 5.74) is 0.947. The molecule has 5 atom stereocenters. The Morgan fingerprint density at radius 3 is 2.73 bits per heavy atom. The number of aryl methyl sites for hydroxylation is 1. The molecule has 4 aliphatic heterocycles. The molecule has 232 valence electrons. The normalized spacial score (nSPS) is 27.5. The van der Waals surface area contributed by atoms with E-state index in [4.69, 9.17) is 4.98 Å². The van der Waals surface area contributed by atoms with Crippen molar-refractivity contribution in [2.45, 2.75) is 68.5 Å². The van der Waals surface area contributed by atoms with E-state index in [-0.39, 0.29) is 40.3 Å². The van der Waals surface area contributed by atoms with Crippen molar-refractivity contribution in [1.82, 2.24) is 19.6 Å². The Morgan fingerprint density at radius 2 is 1.93 bits per heavy atom. The van der Waals surface area contributed by atoms with Crippen molar-refractivity contribution in [2.75, 3.05) is 31.1 Å². The van der Waals surface area contributed by atoms with Crippen LogP contribution in [-0.2, 0) is 6.42 Å². The number of halogens is 3. The van der Waals surface area contributed by atoms with Crippen LogP contribution in [-0.4, -0.2) is 68.6 Å². The van der Waals surface area contributed by atoms with Crippen LogP contribution in [0.15, 0.2) is 36.4 Å². The minimum Gasteiger partial charge on any atom is -0.508 e. The fourth-order valence-electron chi connectivity index (χ4n) is 7.77. The summed E-state index contributed by atoms with van der Waals surface area (Å²) in [5.74, 6) is 5.40. The zero-order valence-corrected chi connectivity index (χ0v) is 25.9. The number of phenols is 1. The molecule has 0 aliphatic carbocycles. The Hall–Kier alpha value is -3.52. The molecular formula is C35H34F3N5OS. The number of fused-ring (bicyclic) bond motifs is 6. The van der Waals surface area contributed by atoms with E-state index in [1.807, 2.05) is 25.1 Å². The summed E-state index contributed by atoms with van der Waals surface area (Å²) in [5, 5.41) is 15.9. The molecule has 5 heterocycles. The number of piperazine rings is 1. The van der Waals surface area contributed by atoms with Crippen LogP contribution in [0.2, 0.25) is 0 Å². The summed E-state index contributed by atoms with van der Waals surface area (Å²) in [7, 11) is 0. The maximum atomic E-state index is 16.9. The van der Waals surface area contributed by atoms with Gasteiger partial charge in [-0.3, -0.25) is 0 Å². The smallest absolute Gasteiger partial charge is 0.207 e. The Labute approximate surface area is 264 Å². The van der Waals surface area contributed by atoms with Gasteiger partial charge < -0.3 is 15.3 Å². The number of aromatic hydroxyl groups is 1. The van der Waals surface area contributed by atoms with E-state index in [1.165, 1.54) is 12.1 Å². The molecule has 4 aliphatic rings. The Morgan fingerprint density at radius 1 is 1.11 bits per heavy atom. The summed E-state index contributed by atoms with van der Waals surface area (Å²) < 4.78 is 49.3. The van der Waals surface area contributed by atoms with E-state index in [9.17, 15) is 9.50 Å². The number of benzene rings is 3. The zero-order chi connectivity index (χ0) is 30.9. The first-order chi connectivity index (χ1) is 21.8. The monoisotopic (exact) mass is 629 g/mol. The van der Waals surface area contributed by atoms with Gasteiger partial charge in [0.05, 0.1) is 10.3 Å². The number of phenolic OH excluding ortho intramolecular Hbond substituents is 1. The van der Waals surface area contributed by atoms with E-state index < -0.39 is 22.6 Å². The summed E-state index contributed by atoms with van der Waals surface area (Å²) in [6.07, 6.45) is 3.78. The van der Waals surface area contributed by atoms with Crippen LogP contribution in [0.1, 0.15) is 50.4 Å². The highest BCUT2D eigenvalue weighted by molar-refractivity contribution is 7.98. The lowest BCUT2D eigenvalue weighted by Crippen LogP contribution is -2.51. The third-order valence-corrected chi connectivity index (χ3v) is 11.1. The molecule has 45 heavy (non-hydrogen) atoms. The topological polar surface area (TPSA) is 64.5 Å². The molecule has 2 N–H and O–H groups in total. The molecule has 6 nitrogen and oxygen atoms in total. The molecule has 3 aromatic carbocycles. The lowest BCUT2D eigenvalue weighted by Gasteiger charge is -2.44. The quantitative estimate of drug-likeness (QED) is 0.198. The van der Waals surface area contributed by atoms with Gasteiger partial charge in [0.15, 0.2) is 5.82 Å². The van der Waals surface area contributed by atoms with Crippen molar-refractivity contribution in [3.8, 4) is 28.7 Å². The molecule has 0 saturated carbocycles. The van der Waals surface area contributed by atoms with E-state index in [1.54, 1.807) is 18.0 Å². The molecule has 0 spiro atoms. The molecule has 8 rings (SSSR count). The fraction of sp³-hybridized carbons (Fsp3) is 0.429. The molecule has 10 heteroatoms. The van der Waals surface area contributed by atoms with Crippen LogP contribution in [0.25, 0.3) is 32.8 Å². The third kappa shape index (κ3) is 5.09. The minimum atomic E-state index is -0.960. The molecule has 3 unspecified atom stereocenters. The average Bonchev–Trinajstić information content (AvgIpc) is 3.36. The number of alkyl halides is 1. The van der Waals surface area contributed by atoms with Crippen molar-refractivity contribution < 1.29 is 18.3 Å². The van der Waals surface area contributed by atoms with Gasteiger partial charge >= 0.3 is 0 Å². The molecule has 4 aromatic rings. The van der Waals surface area contributed by atoms with Gasteiger partial charge in [0.25, 0.3) is 0 Å². The Bertz CT molecular complexity index is 1890. The first kappa shape index (κ1) is 28.9. The van der Waals surface area contributed by atoms with Gasteiger partial charge in [-0.1, -0.05) is 43.0 Å². The maximum absolute atomic E-state index is 16.9. The molecule has 4 bridgehead atoms. The second kappa shape index (κ2) is 11.1. The van der Waals surface area contributed by atoms with Gasteiger partial charge in [0, 0.05) is 50.1 Å². The standard InChI is InChI=1S/C35H34F3N5OS/c1-2-20-5-3-6-21-13-25(44)14-26(30(20)21)31-28(37)15-27-33(32(31)38)40-29(41-34(27)42-18-23-7-8-24(19-42)39-23)9-11-35-10-4-12-43(45-35)17-22(36)16-35/h3,5-6,13-15,22-24,39,44H,2,4,7-8,10,12,16-19H2,1H3/t22-,23?,24?,35-/m1/s1. The van der Waals surface area contributed by atoms with Crippen molar-refractivity contribution in [3.63, 3.8) is 0 Å². The van der Waals surface area contributed by atoms with Gasteiger partial charge in [-0.05, 0) is 78.1 Å². The second-order valence-corrected chi connectivity index (χ2v) is 14.3. The predicted molar refractivity (Wildman–Crippen MR) is 173 cm³/mol. The van der Waals surface area contributed by atoms with Crippen LogP contribution >= 0.6 is 11.9 Å². The maximum Gasteiger partial charge on any atom is 0.207 e. The second-order valence-electron chi connectivity index (χ2n) is 12.8. The third-order valence-electron chi connectivity index (χ3n) is 9.72. The number of rotatable bonds is 3. The van der Waals surface area contributed by atoms with E-state index >= 15 is 8.78 Å². The lowest BCUT2D eigenvalue weighted by molar-refractivity contribution is 0.203. The van der Waals surface area contributed by atoms with E-state index in [2.05, 4.69) is 31.3 Å². The largest absolute Gasteiger partial charge is 0.508 e. The zero-order valence-electron chi connectivity index (χ0n) is 25.0. The fourth-order valence-corrected chi connectivity index (χ4v) is 9.31. The van der Waals surface area contributed by atoms with Crippen LogP contribution < -0.4 is 10.2 Å².